The number of fused-ring (bicyclic) bond motifs is 3. The Morgan fingerprint density at radius 1 is 1.48 bits per heavy atom. The van der Waals surface area contributed by atoms with Gasteiger partial charge in [0.1, 0.15) is 5.82 Å². The molecule has 1 amide bonds. The SMILES string of the molecule is COC1CCn2ncc(CI)c2-c2cc(C(=O)NC(CN)Cc3cccc(F)c3)sc21. The highest BCUT2D eigenvalue weighted by molar-refractivity contribution is 14.1. The number of carbonyl (C=O) groups excluding carboxylic acids is 1. The van der Waals surface area contributed by atoms with Crippen molar-refractivity contribution in [2.24, 2.45) is 5.73 Å². The first-order valence-corrected chi connectivity index (χ1v) is 12.4. The minimum Gasteiger partial charge on any atom is -0.376 e. The van der Waals surface area contributed by atoms with Gasteiger partial charge in [0.05, 0.1) is 22.9 Å². The van der Waals surface area contributed by atoms with Crippen LogP contribution in [0, 0.1) is 5.82 Å². The molecule has 0 fully saturated rings. The highest BCUT2D eigenvalue weighted by Gasteiger charge is 2.29. The quantitative estimate of drug-likeness (QED) is 0.341. The lowest BCUT2D eigenvalue weighted by Crippen LogP contribution is -2.41. The number of aromatic nitrogens is 2. The van der Waals surface area contributed by atoms with Crippen LogP contribution in [0.2, 0.25) is 0 Å². The predicted octanol–water partition coefficient (Wildman–Crippen LogP) is 4.08. The molecule has 0 bridgehead atoms. The van der Waals surface area contributed by atoms with Gasteiger partial charge in [0.25, 0.3) is 5.91 Å². The molecule has 1 aliphatic heterocycles. The molecule has 1 aromatic carbocycles. The van der Waals surface area contributed by atoms with Crippen molar-refractivity contribution in [2.75, 3.05) is 13.7 Å². The average Bonchev–Trinajstić information content (AvgIpc) is 3.35. The second-order valence-corrected chi connectivity index (χ2v) is 9.36. The van der Waals surface area contributed by atoms with E-state index in [4.69, 9.17) is 10.5 Å². The molecular weight excluding hydrogens is 530 g/mol. The van der Waals surface area contributed by atoms with Gasteiger partial charge in [-0.15, -0.1) is 11.3 Å². The number of thiophene rings is 1. The van der Waals surface area contributed by atoms with Crippen LogP contribution < -0.4 is 11.1 Å². The number of hydrogen-bond donors (Lipinski definition) is 2. The summed E-state index contributed by atoms with van der Waals surface area (Å²) in [5, 5.41) is 7.55. The summed E-state index contributed by atoms with van der Waals surface area (Å²) in [6.07, 6.45) is 3.09. The average molecular weight is 554 g/mol. The van der Waals surface area contributed by atoms with Gasteiger partial charge in [-0.3, -0.25) is 9.48 Å². The van der Waals surface area contributed by atoms with Crippen molar-refractivity contribution in [3.05, 3.63) is 63.2 Å². The van der Waals surface area contributed by atoms with Gasteiger partial charge in [-0.1, -0.05) is 34.7 Å². The number of nitrogens with one attached hydrogen (secondary N) is 1. The van der Waals surface area contributed by atoms with Gasteiger partial charge in [0.15, 0.2) is 0 Å². The zero-order valence-corrected chi connectivity index (χ0v) is 20.1. The first kappa shape index (κ1) is 22.4. The predicted molar refractivity (Wildman–Crippen MR) is 128 cm³/mol. The Bertz CT molecular complexity index is 1080. The molecule has 0 saturated carbocycles. The number of nitrogens with zero attached hydrogens (tertiary/aromatic N) is 2. The number of benzene rings is 1. The molecule has 6 nitrogen and oxygen atoms in total. The summed E-state index contributed by atoms with van der Waals surface area (Å²) in [7, 11) is 1.70. The third kappa shape index (κ3) is 4.69. The number of rotatable bonds is 7. The topological polar surface area (TPSA) is 82.2 Å². The first-order valence-electron chi connectivity index (χ1n) is 10.1. The lowest BCUT2D eigenvalue weighted by Gasteiger charge is -2.16. The van der Waals surface area contributed by atoms with Crippen molar-refractivity contribution in [1.29, 1.82) is 0 Å². The van der Waals surface area contributed by atoms with Crippen LogP contribution in [0.5, 0.6) is 0 Å². The molecular formula is C22H24FIN4O2S. The molecule has 2 unspecified atom stereocenters. The van der Waals surface area contributed by atoms with Gasteiger partial charge in [-0.25, -0.2) is 4.39 Å². The molecule has 0 spiro atoms. The number of halogens is 2. The van der Waals surface area contributed by atoms with Crippen molar-refractivity contribution in [2.45, 2.75) is 36.0 Å². The summed E-state index contributed by atoms with van der Waals surface area (Å²) in [6.45, 7) is 1.04. The highest BCUT2D eigenvalue weighted by Crippen LogP contribution is 2.42. The number of alkyl halides is 1. The molecule has 9 heteroatoms. The van der Waals surface area contributed by atoms with Gasteiger partial charge in [0.2, 0.25) is 0 Å². The Labute approximate surface area is 198 Å². The Hall–Kier alpha value is -1.82. The van der Waals surface area contributed by atoms with Gasteiger partial charge >= 0.3 is 0 Å². The van der Waals surface area contributed by atoms with E-state index in [2.05, 4.69) is 33.0 Å². The van der Waals surface area contributed by atoms with Crippen molar-refractivity contribution in [1.82, 2.24) is 15.1 Å². The summed E-state index contributed by atoms with van der Waals surface area (Å²) in [5.41, 5.74) is 9.92. The lowest BCUT2D eigenvalue weighted by molar-refractivity contribution is 0.0941. The maximum absolute atomic E-state index is 13.5. The fourth-order valence-electron chi connectivity index (χ4n) is 3.94. The third-order valence-electron chi connectivity index (χ3n) is 5.47. The number of nitrogens with two attached hydrogens (primary N) is 1. The molecule has 164 valence electrons. The van der Waals surface area contributed by atoms with Crippen molar-refractivity contribution in [3.63, 3.8) is 0 Å². The fourth-order valence-corrected chi connectivity index (χ4v) is 5.67. The van der Waals surface area contributed by atoms with Crippen LogP contribution in [0.15, 0.2) is 36.5 Å². The number of hydrogen-bond acceptors (Lipinski definition) is 5. The normalized spacial score (nSPS) is 16.3. The van der Waals surface area contributed by atoms with Gasteiger partial charge < -0.3 is 15.8 Å². The maximum Gasteiger partial charge on any atom is 0.261 e. The monoisotopic (exact) mass is 554 g/mol. The first-order chi connectivity index (χ1) is 15.0. The summed E-state index contributed by atoms with van der Waals surface area (Å²) >= 11 is 3.79. The van der Waals surface area contributed by atoms with Crippen LogP contribution in [0.25, 0.3) is 11.3 Å². The third-order valence-corrected chi connectivity index (χ3v) is 7.52. The van der Waals surface area contributed by atoms with E-state index in [0.29, 0.717) is 11.3 Å². The van der Waals surface area contributed by atoms with E-state index in [1.807, 2.05) is 23.0 Å². The Balaban J connectivity index is 1.61. The molecule has 3 N–H and O–H groups in total. The number of carbonyl (C=O) groups is 1. The molecule has 4 rings (SSSR count). The maximum atomic E-state index is 13.5. The van der Waals surface area contributed by atoms with E-state index in [9.17, 15) is 9.18 Å². The summed E-state index contributed by atoms with van der Waals surface area (Å²) in [4.78, 5) is 14.7. The molecule has 0 saturated heterocycles. The zero-order valence-electron chi connectivity index (χ0n) is 17.1. The molecule has 3 aromatic rings. The van der Waals surface area contributed by atoms with Crippen molar-refractivity contribution in [3.8, 4) is 11.3 Å². The molecule has 2 atom stereocenters. The van der Waals surface area contributed by atoms with Gasteiger partial charge in [-0.05, 0) is 36.6 Å². The van der Waals surface area contributed by atoms with Crippen molar-refractivity contribution >= 4 is 39.8 Å². The molecule has 0 aliphatic carbocycles. The van der Waals surface area contributed by atoms with E-state index >= 15 is 0 Å². The molecule has 1 aliphatic rings. The number of aryl methyl sites for hydroxylation is 1. The second-order valence-electron chi connectivity index (χ2n) is 7.52. The molecule has 0 radical (unpaired) electrons. The summed E-state index contributed by atoms with van der Waals surface area (Å²) in [5.74, 6) is -0.475. The lowest BCUT2D eigenvalue weighted by atomic mass is 10.1. The molecule has 3 heterocycles. The fraction of sp³-hybridized carbons (Fsp3) is 0.364. The van der Waals surface area contributed by atoms with E-state index in [1.165, 1.54) is 23.5 Å². The van der Waals surface area contributed by atoms with E-state index in [-0.39, 0.29) is 30.4 Å². The largest absolute Gasteiger partial charge is 0.376 e. The van der Waals surface area contributed by atoms with Gasteiger partial charge in [-0.2, -0.15) is 5.10 Å². The number of amides is 1. The molecule has 2 aromatic heterocycles. The van der Waals surface area contributed by atoms with Crippen LogP contribution in [0.1, 0.15) is 38.2 Å². The second kappa shape index (κ2) is 9.76. The van der Waals surface area contributed by atoms with E-state index in [0.717, 1.165) is 44.7 Å². The molecule has 31 heavy (non-hydrogen) atoms. The highest BCUT2D eigenvalue weighted by atomic mass is 127. The van der Waals surface area contributed by atoms with Crippen LogP contribution >= 0.6 is 33.9 Å². The van der Waals surface area contributed by atoms with Gasteiger partial charge in [0, 0.05) is 46.7 Å². The minimum absolute atomic E-state index is 0.0806. The summed E-state index contributed by atoms with van der Waals surface area (Å²) < 4.78 is 22.1. The van der Waals surface area contributed by atoms with E-state index < -0.39 is 0 Å². The number of ether oxygens (including phenoxy) is 1. The Morgan fingerprint density at radius 2 is 2.32 bits per heavy atom. The number of methoxy groups -OCH3 is 1. The van der Waals surface area contributed by atoms with E-state index in [1.54, 1.807) is 13.2 Å². The Kier molecular flexibility index (Phi) is 7.05. The smallest absolute Gasteiger partial charge is 0.261 e. The van der Waals surface area contributed by atoms with Crippen LogP contribution in [0.3, 0.4) is 0 Å². The Morgan fingerprint density at radius 3 is 3.03 bits per heavy atom. The standard InChI is InChI=1S/C22H24FIN4O2S/c1-30-18-5-6-28-20(14(10-24)12-26-28)17-9-19(31-21(17)18)22(29)27-16(11-25)8-13-3-2-4-15(23)7-13/h2-4,7,9,12,16,18H,5-6,8,10-11,25H2,1H3,(H,27,29). The van der Waals surface area contributed by atoms with Crippen LogP contribution in [0.4, 0.5) is 4.39 Å². The zero-order chi connectivity index (χ0) is 22.0. The minimum atomic E-state index is -0.296. The summed E-state index contributed by atoms with van der Waals surface area (Å²) in [6, 6.07) is 8.02. The van der Waals surface area contributed by atoms with Crippen LogP contribution in [-0.4, -0.2) is 35.4 Å². The van der Waals surface area contributed by atoms with Crippen molar-refractivity contribution < 1.29 is 13.9 Å². The van der Waals surface area contributed by atoms with Crippen LogP contribution in [-0.2, 0) is 22.1 Å².